The molecule has 0 saturated carbocycles. The van der Waals surface area contributed by atoms with Crippen LogP contribution in [0.4, 0.5) is 0 Å². The molecule has 1 heterocycles. The summed E-state index contributed by atoms with van der Waals surface area (Å²) in [6, 6.07) is 8.97. The number of nitrogens with one attached hydrogen (secondary N) is 1. The molecule has 0 amide bonds. The number of benzene rings is 1. The van der Waals surface area contributed by atoms with Gasteiger partial charge in [-0.2, -0.15) is 0 Å². The van der Waals surface area contributed by atoms with Crippen molar-refractivity contribution in [1.82, 2.24) is 10.2 Å². The highest BCUT2D eigenvalue weighted by molar-refractivity contribution is 5.22. The van der Waals surface area contributed by atoms with E-state index >= 15 is 0 Å². The quantitative estimate of drug-likeness (QED) is 0.851. The van der Waals surface area contributed by atoms with Crippen LogP contribution in [0.2, 0.25) is 0 Å². The van der Waals surface area contributed by atoms with Gasteiger partial charge in [0.05, 0.1) is 0 Å². The van der Waals surface area contributed by atoms with Crippen molar-refractivity contribution in [3.05, 3.63) is 35.4 Å². The molecular weight excluding hydrogens is 236 g/mol. The van der Waals surface area contributed by atoms with E-state index in [4.69, 9.17) is 4.74 Å². The Morgan fingerprint density at radius 1 is 1.16 bits per heavy atom. The summed E-state index contributed by atoms with van der Waals surface area (Å²) in [7, 11) is 3.79. The Morgan fingerprint density at radius 3 is 2.37 bits per heavy atom. The predicted octanol–water partition coefficient (Wildman–Crippen LogP) is 2.26. The minimum atomic E-state index is 0.763. The van der Waals surface area contributed by atoms with Crippen LogP contribution < -0.4 is 5.32 Å². The van der Waals surface area contributed by atoms with Gasteiger partial charge in [0, 0.05) is 26.8 Å². The second kappa shape index (κ2) is 7.63. The summed E-state index contributed by atoms with van der Waals surface area (Å²) < 4.78 is 5.25. The van der Waals surface area contributed by atoms with Crippen molar-refractivity contribution in [2.45, 2.75) is 25.9 Å². The number of hydrogen-bond donors (Lipinski definition) is 1. The molecule has 3 heteroatoms. The maximum atomic E-state index is 5.25. The normalized spacial score (nSPS) is 17.8. The predicted molar refractivity (Wildman–Crippen MR) is 79.1 cm³/mol. The average Bonchev–Trinajstić information content (AvgIpc) is 2.44. The number of piperidine rings is 1. The molecule has 106 valence electrons. The molecule has 0 spiro atoms. The third-order valence-electron chi connectivity index (χ3n) is 3.92. The van der Waals surface area contributed by atoms with E-state index < -0.39 is 0 Å². The molecular formula is C16H26N2O. The van der Waals surface area contributed by atoms with Crippen molar-refractivity contribution < 1.29 is 4.74 Å². The van der Waals surface area contributed by atoms with E-state index in [0.717, 1.165) is 25.6 Å². The highest BCUT2D eigenvalue weighted by Crippen LogP contribution is 2.19. The van der Waals surface area contributed by atoms with Crippen molar-refractivity contribution in [1.29, 1.82) is 0 Å². The van der Waals surface area contributed by atoms with Crippen molar-refractivity contribution in [2.75, 3.05) is 33.9 Å². The fourth-order valence-electron chi connectivity index (χ4n) is 2.77. The summed E-state index contributed by atoms with van der Waals surface area (Å²) in [4.78, 5) is 2.55. The molecule has 0 aromatic heterocycles. The van der Waals surface area contributed by atoms with Crippen LogP contribution in [0.3, 0.4) is 0 Å². The molecule has 1 aromatic rings. The van der Waals surface area contributed by atoms with Crippen LogP contribution in [-0.4, -0.2) is 38.8 Å². The van der Waals surface area contributed by atoms with E-state index in [9.17, 15) is 0 Å². The Hall–Kier alpha value is -0.900. The van der Waals surface area contributed by atoms with Crippen molar-refractivity contribution in [2.24, 2.45) is 5.92 Å². The molecule has 1 saturated heterocycles. The Kier molecular flexibility index (Phi) is 5.83. The molecule has 2 rings (SSSR count). The maximum Gasteiger partial charge on any atom is 0.0491 e. The first-order valence-corrected chi connectivity index (χ1v) is 7.25. The number of nitrogens with zero attached hydrogens (tertiary/aromatic N) is 1. The van der Waals surface area contributed by atoms with Crippen molar-refractivity contribution in [3.8, 4) is 0 Å². The van der Waals surface area contributed by atoms with Gasteiger partial charge in [0.1, 0.15) is 0 Å². The minimum absolute atomic E-state index is 0.763. The van der Waals surface area contributed by atoms with Gasteiger partial charge < -0.3 is 10.1 Å². The SMILES string of the molecule is CNCc1ccc(CN2CCC(COC)CC2)cc1. The first-order chi connectivity index (χ1) is 9.31. The summed E-state index contributed by atoms with van der Waals surface area (Å²) in [5.41, 5.74) is 2.77. The van der Waals surface area contributed by atoms with E-state index in [1.165, 1.54) is 37.1 Å². The van der Waals surface area contributed by atoms with Gasteiger partial charge in [0.15, 0.2) is 0 Å². The molecule has 0 aliphatic carbocycles. The lowest BCUT2D eigenvalue weighted by molar-refractivity contribution is 0.0968. The van der Waals surface area contributed by atoms with E-state index in [-0.39, 0.29) is 0 Å². The van der Waals surface area contributed by atoms with Crippen LogP contribution >= 0.6 is 0 Å². The van der Waals surface area contributed by atoms with Crippen LogP contribution in [0.25, 0.3) is 0 Å². The van der Waals surface area contributed by atoms with Gasteiger partial charge in [0.2, 0.25) is 0 Å². The van der Waals surface area contributed by atoms with E-state index in [2.05, 4.69) is 34.5 Å². The number of methoxy groups -OCH3 is 1. The van der Waals surface area contributed by atoms with Crippen LogP contribution in [0.1, 0.15) is 24.0 Å². The van der Waals surface area contributed by atoms with Crippen molar-refractivity contribution in [3.63, 3.8) is 0 Å². The molecule has 1 fully saturated rings. The van der Waals surface area contributed by atoms with Crippen molar-refractivity contribution >= 4 is 0 Å². The molecule has 0 atom stereocenters. The van der Waals surface area contributed by atoms with Gasteiger partial charge in [-0.15, -0.1) is 0 Å². The van der Waals surface area contributed by atoms with Crippen LogP contribution in [0.15, 0.2) is 24.3 Å². The fraction of sp³-hybridized carbons (Fsp3) is 0.625. The number of ether oxygens (including phenoxy) is 1. The van der Waals surface area contributed by atoms with Gasteiger partial charge in [-0.3, -0.25) is 4.90 Å². The van der Waals surface area contributed by atoms with Crippen LogP contribution in [0.5, 0.6) is 0 Å². The van der Waals surface area contributed by atoms with E-state index in [1.54, 1.807) is 7.11 Å². The minimum Gasteiger partial charge on any atom is -0.384 e. The van der Waals surface area contributed by atoms with Gasteiger partial charge in [-0.25, -0.2) is 0 Å². The molecule has 0 bridgehead atoms. The second-order valence-electron chi connectivity index (χ2n) is 5.52. The largest absolute Gasteiger partial charge is 0.384 e. The Morgan fingerprint density at radius 2 is 1.79 bits per heavy atom. The molecule has 1 aliphatic rings. The first kappa shape index (κ1) is 14.5. The van der Waals surface area contributed by atoms with Crippen LogP contribution in [0, 0.1) is 5.92 Å². The molecule has 1 aromatic carbocycles. The number of rotatable bonds is 6. The smallest absolute Gasteiger partial charge is 0.0491 e. The van der Waals surface area contributed by atoms with Gasteiger partial charge in [-0.05, 0) is 50.0 Å². The monoisotopic (exact) mass is 262 g/mol. The van der Waals surface area contributed by atoms with Gasteiger partial charge >= 0.3 is 0 Å². The topological polar surface area (TPSA) is 24.5 Å². The summed E-state index contributed by atoms with van der Waals surface area (Å²) in [6.07, 6.45) is 2.54. The highest BCUT2D eigenvalue weighted by atomic mass is 16.5. The lowest BCUT2D eigenvalue weighted by Crippen LogP contribution is -2.34. The fourth-order valence-corrected chi connectivity index (χ4v) is 2.77. The summed E-state index contributed by atoms with van der Waals surface area (Å²) in [5.74, 6) is 0.763. The number of hydrogen-bond acceptors (Lipinski definition) is 3. The van der Waals surface area contributed by atoms with Crippen LogP contribution in [-0.2, 0) is 17.8 Å². The third kappa shape index (κ3) is 4.60. The summed E-state index contributed by atoms with van der Waals surface area (Å²) >= 11 is 0. The Labute approximate surface area is 116 Å². The standard InChI is InChI=1S/C16H26N2O/c1-17-11-14-3-5-15(6-4-14)12-18-9-7-16(8-10-18)13-19-2/h3-6,16-17H,7-13H2,1-2H3. The lowest BCUT2D eigenvalue weighted by Gasteiger charge is -2.31. The zero-order valence-electron chi connectivity index (χ0n) is 12.2. The molecule has 0 radical (unpaired) electrons. The maximum absolute atomic E-state index is 5.25. The zero-order chi connectivity index (χ0) is 13.5. The summed E-state index contributed by atoms with van der Waals surface area (Å²) in [5, 5.41) is 3.18. The second-order valence-corrected chi connectivity index (χ2v) is 5.52. The lowest BCUT2D eigenvalue weighted by atomic mass is 9.97. The average molecular weight is 262 g/mol. The molecule has 3 nitrogen and oxygen atoms in total. The first-order valence-electron chi connectivity index (χ1n) is 7.25. The zero-order valence-corrected chi connectivity index (χ0v) is 12.2. The highest BCUT2D eigenvalue weighted by Gasteiger charge is 2.18. The number of likely N-dealkylation sites (tertiary alicyclic amines) is 1. The van der Waals surface area contributed by atoms with Gasteiger partial charge in [-0.1, -0.05) is 24.3 Å². The molecule has 0 unspecified atom stereocenters. The Balaban J connectivity index is 1.78. The Bertz CT molecular complexity index is 356. The molecule has 1 N–H and O–H groups in total. The van der Waals surface area contributed by atoms with E-state index in [0.29, 0.717) is 0 Å². The third-order valence-corrected chi connectivity index (χ3v) is 3.92. The molecule has 1 aliphatic heterocycles. The van der Waals surface area contributed by atoms with E-state index in [1.807, 2.05) is 7.05 Å². The summed E-state index contributed by atoms with van der Waals surface area (Å²) in [6.45, 7) is 5.35. The molecule has 19 heavy (non-hydrogen) atoms. The van der Waals surface area contributed by atoms with Gasteiger partial charge in [0.25, 0.3) is 0 Å².